The first kappa shape index (κ1) is 54.3. The molecule has 0 bridgehead atoms. The van der Waals surface area contributed by atoms with Crippen molar-refractivity contribution in [2.24, 2.45) is 17.8 Å². The first-order valence-corrected chi connectivity index (χ1v) is 10.6. The van der Waals surface area contributed by atoms with E-state index >= 15 is 0 Å². The number of rotatable bonds is 12. The van der Waals surface area contributed by atoms with E-state index in [4.69, 9.17) is 33.7 Å². The molecule has 0 heterocycles. The molecule has 0 amide bonds. The Hall–Kier alpha value is -4.80. The van der Waals surface area contributed by atoms with E-state index in [1.807, 2.05) is 0 Å². The fourth-order valence-corrected chi connectivity index (χ4v) is 2.48. The van der Waals surface area contributed by atoms with Gasteiger partial charge in [0.15, 0.2) is 0 Å². The van der Waals surface area contributed by atoms with Crippen molar-refractivity contribution in [1.82, 2.24) is 0 Å². The average Bonchev–Trinajstić information content (AvgIpc) is 2.95. The summed E-state index contributed by atoms with van der Waals surface area (Å²) in [7, 11) is 0. The third kappa shape index (κ3) is 24.7. The number of nitrogens with zero attached hydrogens (tertiary/aromatic N) is 3. The third-order valence-electron chi connectivity index (χ3n) is 4.51. The molecule has 0 aromatic rings. The van der Waals surface area contributed by atoms with Crippen LogP contribution in [0.2, 0.25) is 0 Å². The van der Waals surface area contributed by atoms with Gasteiger partial charge in [-0.2, -0.15) is 0 Å². The molecule has 0 aliphatic carbocycles. The van der Waals surface area contributed by atoms with Crippen molar-refractivity contribution in [3.05, 3.63) is 54.2 Å². The van der Waals surface area contributed by atoms with Crippen LogP contribution < -0.4 is 30.6 Å². The molecule has 6 atom stereocenters. The van der Waals surface area contributed by atoms with Crippen molar-refractivity contribution >= 4 is 35.8 Å². The molecule has 0 rings (SSSR count). The van der Waals surface area contributed by atoms with E-state index < -0.39 is 71.7 Å². The Bertz CT molecular complexity index is 934. The minimum absolute atomic E-state index is 0. The van der Waals surface area contributed by atoms with E-state index in [-0.39, 0.29) is 40.3 Å². The van der Waals surface area contributed by atoms with Crippen molar-refractivity contribution in [2.45, 2.75) is 58.2 Å². The van der Waals surface area contributed by atoms with E-state index in [2.05, 4.69) is 34.5 Å². The molecule has 0 aliphatic rings. The van der Waals surface area contributed by atoms with E-state index in [0.29, 0.717) is 0 Å². The van der Waals surface area contributed by atoms with Crippen LogP contribution in [0.15, 0.2) is 0 Å². The number of hydrogen-bond acceptors (Lipinski definition) is 12. The molecular weight excluding hydrogens is 666 g/mol. The Labute approximate surface area is 260 Å². The smallest absolute Gasteiger partial charge is 0 e. The maximum atomic E-state index is 10.3. The summed E-state index contributed by atoms with van der Waals surface area (Å²) >= 11 is 0. The molecule has 19 heteroatoms. The molecule has 0 radical (unpaired) electrons. The predicted molar refractivity (Wildman–Crippen MR) is 114 cm³/mol. The maximum Gasteiger partial charge on any atom is 0 e. The van der Waals surface area contributed by atoms with Crippen molar-refractivity contribution in [2.75, 3.05) is 0 Å². The molecule has 0 saturated carbocycles. The zero-order valence-corrected chi connectivity index (χ0v) is 24.5. The number of carboxylic acids is 6. The topological polar surface area (TPSA) is 314 Å². The van der Waals surface area contributed by atoms with Gasteiger partial charge in [0.1, 0.15) is 17.9 Å². The Morgan fingerprint density at radius 1 is 0.465 bits per heavy atom. The summed E-state index contributed by atoms with van der Waals surface area (Å²) in [6, 6.07) is -4.92. The summed E-state index contributed by atoms with van der Waals surface area (Å²) in [5.41, 5.74) is 0. The first-order valence-electron chi connectivity index (χ1n) is 10.6. The van der Waals surface area contributed by atoms with Gasteiger partial charge in [-0.1, -0.05) is 20.8 Å². The van der Waals surface area contributed by atoms with Crippen molar-refractivity contribution < 1.29 is 94.4 Å². The van der Waals surface area contributed by atoms with Crippen LogP contribution in [0.1, 0.15) is 40.0 Å². The predicted octanol–water partition coefficient (Wildman–Crippen LogP) is -6.71. The van der Waals surface area contributed by atoms with Gasteiger partial charge in [0, 0.05) is 21.1 Å². The van der Waals surface area contributed by atoms with Gasteiger partial charge in [-0.25, -0.2) is 19.7 Å². The molecule has 43 heavy (non-hydrogen) atoms. The minimum Gasteiger partial charge on any atom is 0 e. The summed E-state index contributed by atoms with van der Waals surface area (Å²) in [4.78, 5) is 69.5. The molecule has 0 spiro atoms. The molecule has 0 aliphatic heterocycles. The van der Waals surface area contributed by atoms with Crippen LogP contribution in [-0.4, -0.2) is 53.9 Å². The second kappa shape index (κ2) is 35.2. The van der Waals surface area contributed by atoms with E-state index in [0.717, 1.165) is 0 Å². The van der Waals surface area contributed by atoms with Crippen LogP contribution in [0.4, 0.5) is 0 Å². The molecule has 18 nitrogen and oxygen atoms in total. The van der Waals surface area contributed by atoms with Crippen LogP contribution in [0.5, 0.6) is 0 Å². The summed E-state index contributed by atoms with van der Waals surface area (Å²) < 4.78 is 22.5. The number of carbonyl (C=O) groups excluding carboxylic acids is 6. The SMILES string of the molecule is [C-]#[N+]C(C(=O)[O-])C(CC)C(=O)[O-].[C-]#[N+]C(C(=O)[O-])C(CC)C(=O)[O-].[C-]#[N+]C(C(=O)[O-])C(CC)C(=O)[O-].[C-]#[O+].[C-]#[O+].[C-]#[O+].[Mo]. The fourth-order valence-electron chi connectivity index (χ4n) is 2.48. The van der Waals surface area contributed by atoms with E-state index in [1.165, 1.54) is 20.8 Å². The van der Waals surface area contributed by atoms with E-state index in [9.17, 15) is 59.4 Å². The maximum absolute atomic E-state index is 10.3. The molecule has 0 aromatic carbocycles. The zero-order valence-electron chi connectivity index (χ0n) is 22.5. The molecule has 0 saturated heterocycles. The number of carbonyl (C=O) groups is 6. The van der Waals surface area contributed by atoms with Gasteiger partial charge < -0.3 is 73.9 Å². The van der Waals surface area contributed by atoms with Crippen molar-refractivity contribution in [1.29, 1.82) is 0 Å². The number of hydrogen-bond donors (Lipinski definition) is 0. The van der Waals surface area contributed by atoms with Gasteiger partial charge in [-0.15, -0.1) is 0 Å². The Morgan fingerprint density at radius 2 is 0.605 bits per heavy atom. The monoisotopic (exact) mass is 689 g/mol. The second-order valence-corrected chi connectivity index (χ2v) is 6.68. The van der Waals surface area contributed by atoms with Gasteiger partial charge in [-0.05, 0) is 19.3 Å². The van der Waals surface area contributed by atoms with Gasteiger partial charge in [0.05, 0.1) is 35.7 Å². The third-order valence-corrected chi connectivity index (χ3v) is 4.51. The van der Waals surface area contributed by atoms with Crippen molar-refractivity contribution in [3.63, 3.8) is 0 Å². The van der Waals surface area contributed by atoms with Crippen LogP contribution in [-0.2, 0) is 63.8 Å². The van der Waals surface area contributed by atoms with Crippen LogP contribution in [0, 0.1) is 57.4 Å². The molecular formula is C24H21MoN3O15-6. The van der Waals surface area contributed by atoms with Gasteiger partial charge >= 0.3 is 33.9 Å². The number of aliphatic carboxylic acids is 6. The first-order chi connectivity index (χ1) is 19.6. The fraction of sp³-hybridized carbons (Fsp3) is 0.500. The van der Waals surface area contributed by atoms with E-state index in [1.54, 1.807) is 0 Å². The molecule has 0 fully saturated rings. The summed E-state index contributed by atoms with van der Waals surface area (Å²) in [6.45, 7) is 37.2. The van der Waals surface area contributed by atoms with Crippen LogP contribution in [0.25, 0.3) is 14.5 Å². The zero-order chi connectivity index (χ0) is 35.2. The standard InChI is InChI=1S/3C7H9NO4.3CO.Mo/c3*1-3-4(6(9)10)5(8-2)7(11)12;3*1-2;/h3*4-5H,3H2,1H3,(H,9,10)(H,11,12);;;;/p-6. The average molecular weight is 687 g/mol. The van der Waals surface area contributed by atoms with Crippen LogP contribution in [0.3, 0.4) is 0 Å². The van der Waals surface area contributed by atoms with Crippen molar-refractivity contribution in [3.8, 4) is 0 Å². The molecule has 0 N–H and O–H groups in total. The summed E-state index contributed by atoms with van der Waals surface area (Å²) in [6.07, 6.45) is 0.135. The van der Waals surface area contributed by atoms with Crippen LogP contribution >= 0.6 is 0 Å². The van der Waals surface area contributed by atoms with Gasteiger partial charge in [0.2, 0.25) is 0 Å². The molecule has 234 valence electrons. The molecule has 0 aromatic heterocycles. The minimum atomic E-state index is -1.67. The Morgan fingerprint density at radius 3 is 0.628 bits per heavy atom. The summed E-state index contributed by atoms with van der Waals surface area (Å²) in [5.74, 6) is -13.4. The largest absolute Gasteiger partial charge is 0 e. The number of carboxylic acid groups (broad SMARTS) is 6. The quantitative estimate of drug-likeness (QED) is 0.105. The normalized spacial score (nSPS) is 12.1. The van der Waals surface area contributed by atoms with Gasteiger partial charge in [0.25, 0.3) is 18.1 Å². The Balaban J connectivity index is -0.0000000819. The summed E-state index contributed by atoms with van der Waals surface area (Å²) in [5, 5.41) is 61.5. The second-order valence-electron chi connectivity index (χ2n) is 6.68. The Kier molecular flexibility index (Phi) is 44.5. The molecule has 6 unspecified atom stereocenters. The van der Waals surface area contributed by atoms with Gasteiger partial charge in [-0.3, -0.25) is 0 Å².